The van der Waals surface area contributed by atoms with Gasteiger partial charge in [0.15, 0.2) is 11.2 Å². The molecule has 0 saturated carbocycles. The number of sulfonamides is 1. The molecule has 2 aromatic carbocycles. The summed E-state index contributed by atoms with van der Waals surface area (Å²) in [5.41, 5.74) is 0.616. The Hall–Kier alpha value is -3.11. The van der Waals surface area contributed by atoms with Crippen molar-refractivity contribution in [3.8, 4) is 11.5 Å². The number of aromatic nitrogens is 1. The van der Waals surface area contributed by atoms with Gasteiger partial charge >= 0.3 is 0 Å². The highest BCUT2D eigenvalue weighted by Crippen LogP contribution is 2.28. The monoisotopic (exact) mass is 445 g/mol. The molecular formula is C20H19N3O5S2. The zero-order valence-corrected chi connectivity index (χ0v) is 17.7. The number of thiazole rings is 1. The minimum Gasteiger partial charge on any atom is -0.497 e. The highest BCUT2D eigenvalue weighted by Gasteiger charge is 2.34. The van der Waals surface area contributed by atoms with E-state index in [9.17, 15) is 13.2 Å². The first kappa shape index (κ1) is 20.2. The van der Waals surface area contributed by atoms with Crippen LogP contribution in [0.2, 0.25) is 0 Å². The van der Waals surface area contributed by atoms with Crippen LogP contribution in [0.4, 0.5) is 10.8 Å². The smallest absolute Gasteiger partial charge is 0.268 e. The van der Waals surface area contributed by atoms with E-state index in [1.165, 1.54) is 29.7 Å². The van der Waals surface area contributed by atoms with Gasteiger partial charge in [-0.2, -0.15) is 0 Å². The molecule has 8 nitrogen and oxygen atoms in total. The average Bonchev–Trinajstić information content (AvgIpc) is 3.38. The van der Waals surface area contributed by atoms with Crippen molar-refractivity contribution in [2.45, 2.75) is 17.4 Å². The normalized spacial score (nSPS) is 16.5. The third kappa shape index (κ3) is 4.24. The van der Waals surface area contributed by atoms with E-state index >= 15 is 0 Å². The molecule has 0 bridgehead atoms. The molecule has 0 radical (unpaired) electrons. The van der Waals surface area contributed by atoms with Crippen LogP contribution in [-0.4, -0.2) is 39.1 Å². The van der Waals surface area contributed by atoms with Gasteiger partial charge in [0, 0.05) is 36.3 Å². The zero-order valence-electron chi connectivity index (χ0n) is 16.0. The van der Waals surface area contributed by atoms with Crippen molar-refractivity contribution < 1.29 is 22.7 Å². The fourth-order valence-electron chi connectivity index (χ4n) is 3.11. The number of amides is 1. The van der Waals surface area contributed by atoms with Gasteiger partial charge < -0.3 is 14.4 Å². The molecule has 1 fully saturated rings. The minimum atomic E-state index is -3.74. The summed E-state index contributed by atoms with van der Waals surface area (Å²) in [6, 6.07) is 13.3. The molecule has 0 spiro atoms. The molecular weight excluding hydrogens is 426 g/mol. The second-order valence-corrected chi connectivity index (χ2v) is 9.08. The number of carbonyl (C=O) groups excluding carboxylic acids is 1. The van der Waals surface area contributed by atoms with Gasteiger partial charge in [0.25, 0.3) is 15.9 Å². The molecule has 1 N–H and O–H groups in total. The number of carbonyl (C=O) groups is 1. The highest BCUT2D eigenvalue weighted by atomic mass is 32.2. The van der Waals surface area contributed by atoms with E-state index in [1.54, 1.807) is 53.8 Å². The number of ether oxygens (including phenoxy) is 2. The molecule has 0 aliphatic carbocycles. The SMILES string of the molecule is COc1cccc(OC2CCN(c3ccc(S(=O)(=O)Nc4nccs4)cc3)C2=O)c1. The maximum atomic E-state index is 12.8. The number of hydrogen-bond donors (Lipinski definition) is 1. The van der Waals surface area contributed by atoms with Crippen LogP contribution in [0, 0.1) is 0 Å². The Labute approximate surface area is 178 Å². The number of anilines is 2. The fraction of sp³-hybridized carbons (Fsp3) is 0.200. The summed E-state index contributed by atoms with van der Waals surface area (Å²) in [4.78, 5) is 18.4. The fourth-order valence-corrected chi connectivity index (χ4v) is 4.90. The van der Waals surface area contributed by atoms with E-state index in [1.807, 2.05) is 0 Å². The van der Waals surface area contributed by atoms with Crippen molar-refractivity contribution in [1.82, 2.24) is 4.98 Å². The van der Waals surface area contributed by atoms with Crippen molar-refractivity contribution in [3.05, 3.63) is 60.1 Å². The lowest BCUT2D eigenvalue weighted by atomic mass is 10.3. The van der Waals surface area contributed by atoms with E-state index in [2.05, 4.69) is 9.71 Å². The molecule has 2 heterocycles. The Balaban J connectivity index is 1.45. The first-order valence-corrected chi connectivity index (χ1v) is 11.5. The van der Waals surface area contributed by atoms with Gasteiger partial charge in [-0.25, -0.2) is 13.4 Å². The van der Waals surface area contributed by atoms with Crippen LogP contribution in [0.3, 0.4) is 0 Å². The van der Waals surface area contributed by atoms with Crippen LogP contribution in [-0.2, 0) is 14.8 Å². The van der Waals surface area contributed by atoms with Gasteiger partial charge in [-0.1, -0.05) is 6.07 Å². The Kier molecular flexibility index (Phi) is 5.60. The van der Waals surface area contributed by atoms with Crippen molar-refractivity contribution in [3.63, 3.8) is 0 Å². The standard InChI is InChI=1S/C20H19N3O5S2/c1-27-15-3-2-4-16(13-15)28-18-9-11-23(19(18)24)14-5-7-17(8-6-14)30(25,26)22-20-21-10-12-29-20/h2-8,10,12-13,18H,9,11H2,1H3,(H,21,22). The number of nitrogens with one attached hydrogen (secondary N) is 1. The van der Waals surface area contributed by atoms with E-state index < -0.39 is 16.1 Å². The van der Waals surface area contributed by atoms with E-state index in [0.29, 0.717) is 35.3 Å². The summed E-state index contributed by atoms with van der Waals surface area (Å²) in [6.07, 6.45) is 1.45. The largest absolute Gasteiger partial charge is 0.497 e. The number of nitrogens with zero attached hydrogens (tertiary/aromatic N) is 2. The minimum absolute atomic E-state index is 0.0947. The van der Waals surface area contributed by atoms with E-state index in [0.717, 1.165) is 0 Å². The Morgan fingerprint density at radius 3 is 2.63 bits per heavy atom. The van der Waals surface area contributed by atoms with Crippen LogP contribution in [0.1, 0.15) is 6.42 Å². The van der Waals surface area contributed by atoms with Crippen molar-refractivity contribution in [2.75, 3.05) is 23.3 Å². The Morgan fingerprint density at radius 2 is 1.93 bits per heavy atom. The van der Waals surface area contributed by atoms with Gasteiger partial charge in [0.05, 0.1) is 12.0 Å². The first-order valence-electron chi connectivity index (χ1n) is 9.11. The number of rotatable bonds is 7. The van der Waals surface area contributed by atoms with Gasteiger partial charge in [-0.3, -0.25) is 9.52 Å². The lowest BCUT2D eigenvalue weighted by molar-refractivity contribution is -0.122. The molecule has 4 rings (SSSR count). The highest BCUT2D eigenvalue weighted by molar-refractivity contribution is 7.93. The molecule has 30 heavy (non-hydrogen) atoms. The van der Waals surface area contributed by atoms with Crippen LogP contribution < -0.4 is 19.1 Å². The van der Waals surface area contributed by atoms with Crippen LogP contribution in [0.25, 0.3) is 0 Å². The first-order chi connectivity index (χ1) is 14.5. The molecule has 1 unspecified atom stereocenters. The Morgan fingerprint density at radius 1 is 1.17 bits per heavy atom. The molecule has 1 aliphatic rings. The summed E-state index contributed by atoms with van der Waals surface area (Å²) in [5.74, 6) is 1.04. The van der Waals surface area contributed by atoms with Crippen LogP contribution >= 0.6 is 11.3 Å². The number of benzene rings is 2. The van der Waals surface area contributed by atoms with Gasteiger partial charge in [-0.15, -0.1) is 11.3 Å². The molecule has 1 amide bonds. The Bertz CT molecular complexity index is 1130. The van der Waals surface area contributed by atoms with Crippen LogP contribution in [0.15, 0.2) is 65.0 Å². The molecule has 10 heteroatoms. The number of methoxy groups -OCH3 is 1. The summed E-state index contributed by atoms with van der Waals surface area (Å²) < 4.78 is 38.3. The molecule has 156 valence electrons. The number of hydrogen-bond acceptors (Lipinski definition) is 7. The van der Waals surface area contributed by atoms with E-state index in [-0.39, 0.29) is 10.8 Å². The van der Waals surface area contributed by atoms with Crippen LogP contribution in [0.5, 0.6) is 11.5 Å². The van der Waals surface area contributed by atoms with Gasteiger partial charge in [0.2, 0.25) is 0 Å². The molecule has 1 atom stereocenters. The van der Waals surface area contributed by atoms with Gasteiger partial charge in [0.1, 0.15) is 11.5 Å². The predicted octanol–water partition coefficient (Wildman–Crippen LogP) is 3.14. The third-order valence-corrected chi connectivity index (χ3v) is 6.76. The zero-order chi connectivity index (χ0) is 21.1. The molecule has 1 aromatic heterocycles. The maximum Gasteiger partial charge on any atom is 0.268 e. The van der Waals surface area contributed by atoms with Crippen molar-refractivity contribution in [2.24, 2.45) is 0 Å². The quantitative estimate of drug-likeness (QED) is 0.600. The van der Waals surface area contributed by atoms with Crippen molar-refractivity contribution in [1.29, 1.82) is 0 Å². The average molecular weight is 446 g/mol. The summed E-state index contributed by atoms with van der Waals surface area (Å²) in [7, 11) is -2.17. The van der Waals surface area contributed by atoms with Crippen molar-refractivity contribution >= 4 is 38.1 Å². The van der Waals surface area contributed by atoms with E-state index in [4.69, 9.17) is 9.47 Å². The summed E-state index contributed by atoms with van der Waals surface area (Å²) in [6.45, 7) is 0.483. The summed E-state index contributed by atoms with van der Waals surface area (Å²) >= 11 is 1.20. The molecule has 1 saturated heterocycles. The maximum absolute atomic E-state index is 12.8. The molecule has 1 aliphatic heterocycles. The lowest BCUT2D eigenvalue weighted by Crippen LogP contribution is -2.32. The topological polar surface area (TPSA) is 97.8 Å². The predicted molar refractivity (Wildman–Crippen MR) is 114 cm³/mol. The van der Waals surface area contributed by atoms with Gasteiger partial charge in [-0.05, 0) is 36.4 Å². The lowest BCUT2D eigenvalue weighted by Gasteiger charge is -2.18. The second-order valence-electron chi connectivity index (χ2n) is 6.50. The second kappa shape index (κ2) is 8.33. The molecule has 3 aromatic rings. The summed E-state index contributed by atoms with van der Waals surface area (Å²) in [5, 5.41) is 1.98. The third-order valence-electron chi connectivity index (χ3n) is 4.59.